The Balaban J connectivity index is 0.00000289. The van der Waals surface area contributed by atoms with Gasteiger partial charge in [0.05, 0.1) is 6.57 Å². The van der Waals surface area contributed by atoms with E-state index in [0.29, 0.717) is 35.9 Å². The molecule has 32 heavy (non-hydrogen) atoms. The number of rotatable bonds is 8. The first-order valence-corrected chi connectivity index (χ1v) is 10.1. The molecule has 0 atom stereocenters. The van der Waals surface area contributed by atoms with Crippen molar-refractivity contribution in [2.75, 3.05) is 0 Å². The quantitative estimate of drug-likeness (QED) is 0.314. The average molecular weight is 454 g/mol. The zero-order chi connectivity index (χ0) is 21.8. The Morgan fingerprint density at radius 2 is 1.78 bits per heavy atom. The van der Waals surface area contributed by atoms with Crippen molar-refractivity contribution in [2.24, 2.45) is 0 Å². The fourth-order valence-electron chi connectivity index (χ4n) is 3.61. The van der Waals surface area contributed by atoms with Crippen molar-refractivity contribution < 1.29 is 13.6 Å². The van der Waals surface area contributed by atoms with E-state index in [0.717, 1.165) is 30.0 Å². The predicted octanol–water partition coefficient (Wildman–Crippen LogP) is 5.92. The summed E-state index contributed by atoms with van der Waals surface area (Å²) < 4.78 is 26.8. The number of hydrogen-bond donors (Lipinski definition) is 0. The van der Waals surface area contributed by atoms with Crippen molar-refractivity contribution in [3.8, 4) is 0 Å². The van der Waals surface area contributed by atoms with Gasteiger partial charge in [-0.3, -0.25) is 14.7 Å². The topological polar surface area (TPSA) is 37.6 Å². The maximum Gasteiger partial charge on any atom is 0.187 e. The molecule has 0 radical (unpaired) electrons. The van der Waals surface area contributed by atoms with Crippen molar-refractivity contribution in [1.82, 2.24) is 9.88 Å². The minimum atomic E-state index is -0.848. The number of pyridine rings is 1. The van der Waals surface area contributed by atoms with Crippen molar-refractivity contribution in [1.29, 1.82) is 0 Å². The summed E-state index contributed by atoms with van der Waals surface area (Å²) in [6.45, 7) is 8.19. The summed E-state index contributed by atoms with van der Waals surface area (Å²) in [6.07, 6.45) is 5.62. The van der Waals surface area contributed by atoms with Gasteiger partial charge in [0.15, 0.2) is 23.1 Å². The van der Waals surface area contributed by atoms with E-state index in [9.17, 15) is 13.6 Å². The lowest BCUT2D eigenvalue weighted by Crippen LogP contribution is -2.25. The third kappa shape index (κ3) is 5.97. The highest BCUT2D eigenvalue weighted by Crippen LogP contribution is 2.30. The van der Waals surface area contributed by atoms with E-state index in [2.05, 4.69) is 14.7 Å². The van der Waals surface area contributed by atoms with Gasteiger partial charge in [-0.15, -0.1) is 12.4 Å². The molecule has 1 aliphatic carbocycles. The molecule has 4 nitrogen and oxygen atoms in total. The first-order chi connectivity index (χ1) is 15.0. The molecule has 3 aromatic rings. The first kappa shape index (κ1) is 23.5. The Kier molecular flexibility index (Phi) is 7.68. The number of carbonyl (C=O) groups is 1. The number of aromatic nitrogens is 1. The molecule has 4 rings (SSSR count). The molecule has 0 N–H and O–H groups in total. The molecule has 2 aromatic carbocycles. The third-order valence-corrected chi connectivity index (χ3v) is 5.34. The summed E-state index contributed by atoms with van der Waals surface area (Å²) in [5.41, 5.74) is 3.44. The maximum absolute atomic E-state index is 13.6. The van der Waals surface area contributed by atoms with Crippen molar-refractivity contribution in [3.05, 3.63) is 106 Å². The molecule has 1 fully saturated rings. The van der Waals surface area contributed by atoms with Gasteiger partial charge in [0.25, 0.3) is 0 Å². The van der Waals surface area contributed by atoms with Crippen LogP contribution in [0.4, 0.5) is 14.5 Å². The van der Waals surface area contributed by atoms with Gasteiger partial charge in [-0.25, -0.2) is 13.6 Å². The van der Waals surface area contributed by atoms with E-state index < -0.39 is 11.6 Å². The Morgan fingerprint density at radius 3 is 2.50 bits per heavy atom. The molecule has 1 heterocycles. The van der Waals surface area contributed by atoms with Gasteiger partial charge in [0.2, 0.25) is 0 Å². The van der Waals surface area contributed by atoms with Crippen molar-refractivity contribution in [3.63, 3.8) is 0 Å². The SMILES string of the molecule is Cl.[C-]#[N+]c1cccc(CC(=O)c2cncc(CN(Cc3ccc(F)c(F)c3)C3CC3)c2)c1. The van der Waals surface area contributed by atoms with Gasteiger partial charge >= 0.3 is 0 Å². The number of Topliss-reactive ketones (excluding diaryl/α,β-unsaturated/α-hetero) is 1. The zero-order valence-corrected chi connectivity index (χ0v) is 18.1. The average Bonchev–Trinajstić information content (AvgIpc) is 3.62. The second-order valence-corrected chi connectivity index (χ2v) is 7.85. The molecule has 0 aliphatic heterocycles. The number of nitrogens with zero attached hydrogens (tertiary/aromatic N) is 3. The molecule has 164 valence electrons. The van der Waals surface area contributed by atoms with E-state index in [-0.39, 0.29) is 24.6 Å². The van der Waals surface area contributed by atoms with Crippen LogP contribution in [0.1, 0.15) is 39.9 Å². The maximum atomic E-state index is 13.6. The Bertz CT molecular complexity index is 1160. The van der Waals surface area contributed by atoms with E-state index >= 15 is 0 Å². The highest BCUT2D eigenvalue weighted by Gasteiger charge is 2.29. The van der Waals surface area contributed by atoms with Crippen LogP contribution < -0.4 is 0 Å². The van der Waals surface area contributed by atoms with Crippen LogP contribution in [-0.4, -0.2) is 21.7 Å². The van der Waals surface area contributed by atoms with Gasteiger partial charge in [-0.05, 0) is 42.2 Å². The molecule has 0 spiro atoms. The molecule has 7 heteroatoms. The van der Waals surface area contributed by atoms with Crippen LogP contribution in [0.25, 0.3) is 4.85 Å². The highest BCUT2D eigenvalue weighted by atomic mass is 35.5. The standard InChI is InChI=1S/C25H21F2N3O.ClH/c1-28-21-4-2-3-17(10-21)12-25(31)20-9-19(13-29-14-20)16-30(22-6-7-22)15-18-5-8-23(26)24(27)11-18;/h2-5,8-11,13-14,22H,6-7,12,15-16H2;1H. The van der Waals surface area contributed by atoms with Gasteiger partial charge in [-0.2, -0.15) is 0 Å². The van der Waals surface area contributed by atoms with E-state index in [1.54, 1.807) is 36.7 Å². The molecule has 0 saturated heterocycles. The minimum Gasteiger partial charge on any atom is -0.294 e. The van der Waals surface area contributed by atoms with Crippen LogP contribution in [0.3, 0.4) is 0 Å². The first-order valence-electron chi connectivity index (χ1n) is 10.1. The van der Waals surface area contributed by atoms with Crippen LogP contribution in [0, 0.1) is 18.2 Å². The van der Waals surface area contributed by atoms with Gasteiger partial charge in [0.1, 0.15) is 0 Å². The largest absolute Gasteiger partial charge is 0.294 e. The molecular weight excluding hydrogens is 432 g/mol. The molecule has 0 unspecified atom stereocenters. The number of ketones is 1. The number of carbonyl (C=O) groups excluding carboxylic acids is 1. The third-order valence-electron chi connectivity index (χ3n) is 5.34. The normalized spacial score (nSPS) is 12.8. The number of benzene rings is 2. The highest BCUT2D eigenvalue weighted by molar-refractivity contribution is 5.97. The van der Waals surface area contributed by atoms with Crippen LogP contribution in [0.2, 0.25) is 0 Å². The second kappa shape index (κ2) is 10.4. The summed E-state index contributed by atoms with van der Waals surface area (Å²) in [5, 5.41) is 0. The molecule has 1 saturated carbocycles. The fraction of sp³-hybridized carbons (Fsp3) is 0.240. The lowest BCUT2D eigenvalue weighted by atomic mass is 10.0. The van der Waals surface area contributed by atoms with E-state index in [1.807, 2.05) is 12.1 Å². The lowest BCUT2D eigenvalue weighted by molar-refractivity contribution is 0.0992. The smallest absolute Gasteiger partial charge is 0.187 e. The summed E-state index contributed by atoms with van der Waals surface area (Å²) in [6, 6.07) is 13.3. The Morgan fingerprint density at radius 1 is 1.00 bits per heavy atom. The lowest BCUT2D eigenvalue weighted by Gasteiger charge is -2.22. The second-order valence-electron chi connectivity index (χ2n) is 7.85. The van der Waals surface area contributed by atoms with Crippen LogP contribution in [0.5, 0.6) is 0 Å². The van der Waals surface area contributed by atoms with E-state index in [1.165, 1.54) is 6.07 Å². The fourth-order valence-corrected chi connectivity index (χ4v) is 3.61. The minimum absolute atomic E-state index is 0. The molecule has 0 bridgehead atoms. The van der Waals surface area contributed by atoms with Crippen molar-refractivity contribution >= 4 is 23.9 Å². The van der Waals surface area contributed by atoms with Crippen LogP contribution in [-0.2, 0) is 19.5 Å². The van der Waals surface area contributed by atoms with Crippen LogP contribution >= 0.6 is 12.4 Å². The molecular formula is C25H22ClF2N3O. The Hall–Kier alpha value is -3.14. The predicted molar refractivity (Wildman–Crippen MR) is 121 cm³/mol. The molecule has 1 aliphatic rings. The number of halogens is 3. The summed E-state index contributed by atoms with van der Waals surface area (Å²) in [7, 11) is 0. The molecule has 0 amide bonds. The number of hydrogen-bond acceptors (Lipinski definition) is 3. The molecule has 1 aromatic heterocycles. The van der Waals surface area contributed by atoms with Gasteiger partial charge in [0, 0.05) is 43.5 Å². The monoisotopic (exact) mass is 453 g/mol. The van der Waals surface area contributed by atoms with Crippen LogP contribution in [0.15, 0.2) is 60.9 Å². The zero-order valence-electron chi connectivity index (χ0n) is 17.3. The summed E-state index contributed by atoms with van der Waals surface area (Å²) >= 11 is 0. The van der Waals surface area contributed by atoms with Gasteiger partial charge < -0.3 is 0 Å². The summed E-state index contributed by atoms with van der Waals surface area (Å²) in [5.74, 6) is -1.75. The van der Waals surface area contributed by atoms with Crippen molar-refractivity contribution in [2.45, 2.75) is 38.4 Å². The Labute approximate surface area is 192 Å². The summed E-state index contributed by atoms with van der Waals surface area (Å²) in [4.78, 5) is 22.6. The van der Waals surface area contributed by atoms with E-state index in [4.69, 9.17) is 6.57 Å². The van der Waals surface area contributed by atoms with Gasteiger partial charge in [-0.1, -0.05) is 35.9 Å².